The molecule has 0 spiro atoms. The van der Waals surface area contributed by atoms with Gasteiger partial charge in [0.15, 0.2) is 6.61 Å². The Morgan fingerprint density at radius 3 is 2.29 bits per heavy atom. The number of hydrogen-bond donors (Lipinski definition) is 1. The number of hydrogen-bond acceptors (Lipinski definition) is 4. The predicted octanol–water partition coefficient (Wildman–Crippen LogP) is 3.78. The number of aryl methyl sites for hydroxylation is 2. The van der Waals surface area contributed by atoms with E-state index in [-0.39, 0.29) is 17.2 Å². The van der Waals surface area contributed by atoms with Gasteiger partial charge in [-0.2, -0.15) is 13.2 Å². The summed E-state index contributed by atoms with van der Waals surface area (Å²) in [4.78, 5) is 1.85. The summed E-state index contributed by atoms with van der Waals surface area (Å²) in [6.45, 7) is 2.24. The third-order valence-electron chi connectivity index (χ3n) is 3.08. The number of sulfonamides is 1. The molecule has 0 saturated carbocycles. The maximum atomic E-state index is 12.3. The van der Waals surface area contributed by atoms with Crippen LogP contribution in [0.3, 0.4) is 0 Å². The number of rotatable bonds is 6. The first-order valence-electron chi connectivity index (χ1n) is 6.92. The van der Waals surface area contributed by atoms with Gasteiger partial charge in [-0.3, -0.25) is 0 Å². The Hall–Kier alpha value is -1.58. The number of ether oxygens (including phenoxy) is 1. The molecule has 2 rings (SSSR count). The van der Waals surface area contributed by atoms with Gasteiger partial charge in [0.25, 0.3) is 0 Å². The summed E-state index contributed by atoms with van der Waals surface area (Å²) in [5.41, 5.74) is 0.613. The van der Waals surface area contributed by atoms with E-state index in [4.69, 9.17) is 0 Å². The molecule has 1 aromatic carbocycles. The zero-order valence-corrected chi connectivity index (χ0v) is 14.6. The maximum Gasteiger partial charge on any atom is 0.422 e. The molecule has 4 nitrogen and oxygen atoms in total. The Morgan fingerprint density at radius 1 is 1.17 bits per heavy atom. The second-order valence-corrected chi connectivity index (χ2v) is 8.35. The highest BCUT2D eigenvalue weighted by atomic mass is 32.2. The fraction of sp³-hybridized carbons (Fsp3) is 0.333. The van der Waals surface area contributed by atoms with Gasteiger partial charge in [-0.1, -0.05) is 12.1 Å². The molecule has 0 unspecified atom stereocenters. The molecule has 0 aliphatic carbocycles. The van der Waals surface area contributed by atoms with Crippen molar-refractivity contribution in [3.05, 3.63) is 45.6 Å². The van der Waals surface area contributed by atoms with Crippen molar-refractivity contribution in [2.45, 2.75) is 31.5 Å². The summed E-state index contributed by atoms with van der Waals surface area (Å²) < 4.78 is 67.8. The lowest BCUT2D eigenvalue weighted by Gasteiger charge is -2.10. The number of alkyl halides is 3. The molecular weight excluding hydrogens is 363 g/mol. The van der Waals surface area contributed by atoms with E-state index < -0.39 is 22.8 Å². The van der Waals surface area contributed by atoms with E-state index >= 15 is 0 Å². The molecule has 0 aliphatic rings. The number of benzene rings is 1. The quantitative estimate of drug-likeness (QED) is 0.831. The van der Waals surface area contributed by atoms with E-state index in [0.717, 1.165) is 4.88 Å². The van der Waals surface area contributed by atoms with Crippen molar-refractivity contribution in [3.8, 4) is 5.75 Å². The van der Waals surface area contributed by atoms with Crippen molar-refractivity contribution < 1.29 is 26.3 Å². The van der Waals surface area contributed by atoms with Crippen LogP contribution < -0.4 is 9.46 Å². The van der Waals surface area contributed by atoms with Gasteiger partial charge in [0.1, 0.15) is 5.75 Å². The second-order valence-electron chi connectivity index (χ2n) is 5.15. The fourth-order valence-corrected chi connectivity index (χ4v) is 4.57. The minimum Gasteiger partial charge on any atom is -0.484 e. The largest absolute Gasteiger partial charge is 0.484 e. The molecule has 1 aromatic heterocycles. The Morgan fingerprint density at radius 2 is 1.79 bits per heavy atom. The Kier molecular flexibility index (Phi) is 5.56. The second kappa shape index (κ2) is 7.12. The van der Waals surface area contributed by atoms with Crippen LogP contribution in [-0.2, 0) is 16.6 Å². The molecule has 0 aliphatic heterocycles. The van der Waals surface area contributed by atoms with Crippen LogP contribution in [0.5, 0.6) is 5.75 Å². The van der Waals surface area contributed by atoms with Crippen LogP contribution in [0.2, 0.25) is 0 Å². The highest BCUT2D eigenvalue weighted by Crippen LogP contribution is 2.25. The molecule has 0 fully saturated rings. The standard InChI is InChI=1S/C15H16F3NO3S2/c1-10-7-14(11(2)23-10)24(20,21)19-8-12-3-5-13(6-4-12)22-9-15(16,17)18/h3-7,19H,8-9H2,1-2H3. The van der Waals surface area contributed by atoms with Gasteiger partial charge in [-0.25, -0.2) is 13.1 Å². The molecule has 0 radical (unpaired) electrons. The number of halogens is 3. The lowest BCUT2D eigenvalue weighted by Crippen LogP contribution is -2.23. The van der Waals surface area contributed by atoms with Crippen LogP contribution in [0.1, 0.15) is 15.3 Å². The van der Waals surface area contributed by atoms with E-state index in [1.54, 1.807) is 13.0 Å². The SMILES string of the molecule is Cc1cc(S(=O)(=O)NCc2ccc(OCC(F)(F)F)cc2)c(C)s1. The summed E-state index contributed by atoms with van der Waals surface area (Å²) in [6.07, 6.45) is -4.40. The van der Waals surface area contributed by atoms with Crippen LogP contribution in [0.25, 0.3) is 0 Å². The Balaban J connectivity index is 1.98. The van der Waals surface area contributed by atoms with Gasteiger partial charge in [0.05, 0.1) is 4.90 Å². The van der Waals surface area contributed by atoms with Gasteiger partial charge in [0, 0.05) is 16.3 Å². The molecule has 24 heavy (non-hydrogen) atoms. The normalized spacial score (nSPS) is 12.4. The molecule has 132 valence electrons. The average molecular weight is 379 g/mol. The van der Waals surface area contributed by atoms with E-state index in [2.05, 4.69) is 9.46 Å². The third kappa shape index (κ3) is 5.22. The number of nitrogens with one attached hydrogen (secondary N) is 1. The molecule has 0 bridgehead atoms. The van der Waals surface area contributed by atoms with Crippen LogP contribution in [0.4, 0.5) is 13.2 Å². The minimum absolute atomic E-state index is 0.0379. The van der Waals surface area contributed by atoms with Crippen molar-refractivity contribution in [3.63, 3.8) is 0 Å². The van der Waals surface area contributed by atoms with Gasteiger partial charge < -0.3 is 4.74 Å². The van der Waals surface area contributed by atoms with Crippen molar-refractivity contribution in [1.29, 1.82) is 0 Å². The van der Waals surface area contributed by atoms with Crippen LogP contribution in [-0.4, -0.2) is 21.2 Å². The van der Waals surface area contributed by atoms with Gasteiger partial charge in [-0.05, 0) is 37.6 Å². The van der Waals surface area contributed by atoms with Crippen LogP contribution >= 0.6 is 11.3 Å². The highest BCUT2D eigenvalue weighted by molar-refractivity contribution is 7.89. The first kappa shape index (κ1) is 18.8. The zero-order valence-electron chi connectivity index (χ0n) is 13.0. The molecule has 9 heteroatoms. The molecule has 1 N–H and O–H groups in total. The molecule has 0 amide bonds. The van der Waals surface area contributed by atoms with Crippen LogP contribution in [0, 0.1) is 13.8 Å². The van der Waals surface area contributed by atoms with Gasteiger partial charge in [-0.15, -0.1) is 11.3 Å². The molecule has 0 atom stereocenters. The smallest absolute Gasteiger partial charge is 0.422 e. The van der Waals surface area contributed by atoms with E-state index in [1.165, 1.54) is 35.6 Å². The minimum atomic E-state index is -4.40. The van der Waals surface area contributed by atoms with Gasteiger partial charge >= 0.3 is 6.18 Å². The summed E-state index contributed by atoms with van der Waals surface area (Å²) in [7, 11) is -3.63. The summed E-state index contributed by atoms with van der Waals surface area (Å²) in [5.74, 6) is 0.0724. The summed E-state index contributed by atoms with van der Waals surface area (Å²) in [6, 6.07) is 7.38. The average Bonchev–Trinajstić information content (AvgIpc) is 2.83. The third-order valence-corrected chi connectivity index (χ3v) is 5.70. The van der Waals surface area contributed by atoms with Crippen molar-refractivity contribution in [2.24, 2.45) is 0 Å². The van der Waals surface area contributed by atoms with E-state index in [9.17, 15) is 21.6 Å². The fourth-order valence-electron chi connectivity index (χ4n) is 2.00. The van der Waals surface area contributed by atoms with Crippen LogP contribution in [0.15, 0.2) is 35.2 Å². The zero-order chi connectivity index (χ0) is 18.0. The molecular formula is C15H16F3NO3S2. The Labute approximate surface area is 142 Å². The molecule has 2 aromatic rings. The lowest BCUT2D eigenvalue weighted by molar-refractivity contribution is -0.153. The summed E-state index contributed by atoms with van der Waals surface area (Å²) in [5, 5.41) is 0. The molecule has 0 saturated heterocycles. The predicted molar refractivity (Wildman–Crippen MR) is 85.8 cm³/mol. The van der Waals surface area contributed by atoms with Crippen molar-refractivity contribution >= 4 is 21.4 Å². The monoisotopic (exact) mass is 379 g/mol. The molecule has 1 heterocycles. The first-order valence-corrected chi connectivity index (χ1v) is 9.22. The Bertz CT molecular complexity index is 796. The number of thiophene rings is 1. The van der Waals surface area contributed by atoms with Crippen molar-refractivity contribution in [2.75, 3.05) is 6.61 Å². The van der Waals surface area contributed by atoms with Gasteiger partial charge in [0.2, 0.25) is 10.0 Å². The van der Waals surface area contributed by atoms with E-state index in [1.807, 2.05) is 6.92 Å². The van der Waals surface area contributed by atoms with E-state index in [0.29, 0.717) is 10.4 Å². The topological polar surface area (TPSA) is 55.4 Å². The highest BCUT2D eigenvalue weighted by Gasteiger charge is 2.28. The van der Waals surface area contributed by atoms with Crippen molar-refractivity contribution in [1.82, 2.24) is 4.72 Å². The first-order chi connectivity index (χ1) is 11.1. The maximum absolute atomic E-state index is 12.3. The lowest BCUT2D eigenvalue weighted by atomic mass is 10.2. The summed E-state index contributed by atoms with van der Waals surface area (Å²) >= 11 is 1.40.